The minimum atomic E-state index is -1.01. The van der Waals surface area contributed by atoms with Crippen molar-refractivity contribution in [2.75, 3.05) is 31.6 Å². The van der Waals surface area contributed by atoms with E-state index < -0.39 is 17.4 Å². The maximum Gasteiger partial charge on any atom is 0.339 e. The standard InChI is InChI=1S/C17H23N3O4.2CH2O2/c1-11-4-5-12(15(21)22)14(18-11)20-9-7-17(16(23)24)6-3-8-19(2)13(17)10-20;2*2-1-3/h4-5,13H,3,6-10H2,1-2H3,(H,21,22)(H,23,24);2*1H,(H,2,3)/t13-,17+;;/m1../s1. The monoisotopic (exact) mass is 425 g/mol. The summed E-state index contributed by atoms with van der Waals surface area (Å²) in [6.45, 7) is 3.18. The fraction of sp³-hybridized carbons (Fsp3) is 0.526. The second-order valence-electron chi connectivity index (χ2n) is 7.10. The maximum absolute atomic E-state index is 12.0. The van der Waals surface area contributed by atoms with E-state index in [-0.39, 0.29) is 24.5 Å². The van der Waals surface area contributed by atoms with Gasteiger partial charge in [0, 0.05) is 24.8 Å². The second kappa shape index (κ2) is 11.1. The molecule has 30 heavy (non-hydrogen) atoms. The molecule has 2 saturated heterocycles. The third kappa shape index (κ3) is 5.44. The van der Waals surface area contributed by atoms with Crippen molar-refractivity contribution in [3.8, 4) is 0 Å². The minimum absolute atomic E-state index is 0.138. The summed E-state index contributed by atoms with van der Waals surface area (Å²) in [7, 11) is 1.95. The highest BCUT2D eigenvalue weighted by molar-refractivity contribution is 5.93. The molecule has 11 nitrogen and oxygen atoms in total. The number of fused-ring (bicyclic) bond motifs is 1. The number of piperidine rings is 2. The molecular formula is C19H27N3O8. The lowest BCUT2D eigenvalue weighted by Gasteiger charge is -2.52. The van der Waals surface area contributed by atoms with Gasteiger partial charge in [0.2, 0.25) is 0 Å². The fourth-order valence-electron chi connectivity index (χ4n) is 4.13. The van der Waals surface area contributed by atoms with Crippen LogP contribution in [0.4, 0.5) is 5.82 Å². The summed E-state index contributed by atoms with van der Waals surface area (Å²) in [5.41, 5.74) is 0.181. The number of aromatic nitrogens is 1. The Morgan fingerprint density at radius 2 is 1.73 bits per heavy atom. The van der Waals surface area contributed by atoms with Crippen LogP contribution in [0.1, 0.15) is 35.3 Å². The van der Waals surface area contributed by atoms with Crippen molar-refractivity contribution in [2.24, 2.45) is 5.41 Å². The molecular weight excluding hydrogens is 398 g/mol. The third-order valence-corrected chi connectivity index (χ3v) is 5.50. The van der Waals surface area contributed by atoms with Gasteiger partial charge in [-0.05, 0) is 51.9 Å². The molecule has 11 heteroatoms. The van der Waals surface area contributed by atoms with Crippen molar-refractivity contribution < 1.29 is 39.6 Å². The molecule has 0 bridgehead atoms. The molecule has 0 saturated carbocycles. The number of aliphatic carboxylic acids is 1. The van der Waals surface area contributed by atoms with Crippen LogP contribution in [-0.4, -0.2) is 87.9 Å². The van der Waals surface area contributed by atoms with Crippen LogP contribution >= 0.6 is 0 Å². The Bertz CT molecular complexity index is 766. The topological polar surface area (TPSA) is 169 Å². The SMILES string of the molecule is Cc1ccc(C(=O)O)c(N2CC[C@@]3(C(=O)O)CCCN(C)[C@@H]3C2)n1.O=CO.O=CO. The van der Waals surface area contributed by atoms with Gasteiger partial charge in [0.25, 0.3) is 12.9 Å². The van der Waals surface area contributed by atoms with Crippen LogP contribution in [0.2, 0.25) is 0 Å². The number of carbonyl (C=O) groups is 4. The molecule has 0 aromatic carbocycles. The van der Waals surface area contributed by atoms with Gasteiger partial charge in [-0.2, -0.15) is 0 Å². The lowest BCUT2D eigenvalue weighted by Crippen LogP contribution is -2.63. The van der Waals surface area contributed by atoms with Crippen molar-refractivity contribution in [1.82, 2.24) is 9.88 Å². The van der Waals surface area contributed by atoms with E-state index in [2.05, 4.69) is 9.88 Å². The lowest BCUT2D eigenvalue weighted by molar-refractivity contribution is -0.158. The van der Waals surface area contributed by atoms with Gasteiger partial charge in [-0.1, -0.05) is 0 Å². The Hall–Kier alpha value is -3.21. The average molecular weight is 425 g/mol. The van der Waals surface area contributed by atoms with Crippen molar-refractivity contribution in [2.45, 2.75) is 32.2 Å². The molecule has 0 radical (unpaired) electrons. The Labute approximate surface area is 173 Å². The van der Waals surface area contributed by atoms with Crippen LogP contribution in [0.3, 0.4) is 0 Å². The predicted octanol–water partition coefficient (Wildman–Crippen LogP) is 0.865. The molecule has 1 aromatic heterocycles. The van der Waals surface area contributed by atoms with Crippen molar-refractivity contribution in [1.29, 1.82) is 0 Å². The van der Waals surface area contributed by atoms with Crippen LogP contribution < -0.4 is 4.90 Å². The molecule has 1 aromatic rings. The van der Waals surface area contributed by atoms with E-state index in [9.17, 15) is 19.8 Å². The van der Waals surface area contributed by atoms with E-state index in [0.29, 0.717) is 31.7 Å². The lowest BCUT2D eigenvalue weighted by atomic mass is 9.68. The van der Waals surface area contributed by atoms with Gasteiger partial charge < -0.3 is 30.2 Å². The van der Waals surface area contributed by atoms with Crippen LogP contribution in [0.25, 0.3) is 0 Å². The third-order valence-electron chi connectivity index (χ3n) is 5.50. The van der Waals surface area contributed by atoms with E-state index in [1.807, 2.05) is 18.9 Å². The summed E-state index contributed by atoms with van der Waals surface area (Å²) < 4.78 is 0. The highest BCUT2D eigenvalue weighted by Gasteiger charge is 2.52. The Morgan fingerprint density at radius 3 is 2.27 bits per heavy atom. The molecule has 3 heterocycles. The molecule has 2 atom stereocenters. The Morgan fingerprint density at radius 1 is 1.13 bits per heavy atom. The number of hydrogen-bond donors (Lipinski definition) is 4. The molecule has 166 valence electrons. The fourth-order valence-corrected chi connectivity index (χ4v) is 4.13. The first-order chi connectivity index (χ1) is 14.2. The van der Waals surface area contributed by atoms with Crippen LogP contribution in [0.5, 0.6) is 0 Å². The number of anilines is 1. The van der Waals surface area contributed by atoms with E-state index >= 15 is 0 Å². The second-order valence-corrected chi connectivity index (χ2v) is 7.10. The first-order valence-electron chi connectivity index (χ1n) is 9.23. The number of likely N-dealkylation sites (N-methyl/N-ethyl adjacent to an activating group) is 1. The Kier molecular flexibility index (Phi) is 9.18. The number of pyridine rings is 1. The molecule has 4 N–H and O–H groups in total. The number of aryl methyl sites for hydroxylation is 1. The predicted molar refractivity (Wildman–Crippen MR) is 106 cm³/mol. The van der Waals surface area contributed by atoms with Gasteiger partial charge in [0.05, 0.1) is 5.41 Å². The van der Waals surface area contributed by atoms with Gasteiger partial charge in [-0.15, -0.1) is 0 Å². The highest BCUT2D eigenvalue weighted by atomic mass is 16.4. The molecule has 0 spiro atoms. The zero-order chi connectivity index (χ0) is 22.9. The molecule has 2 aliphatic heterocycles. The number of nitrogens with zero attached hydrogens (tertiary/aromatic N) is 3. The van der Waals surface area contributed by atoms with Crippen molar-refractivity contribution >= 4 is 30.7 Å². The molecule has 2 fully saturated rings. The molecule has 3 rings (SSSR count). The number of carboxylic acids is 2. The summed E-state index contributed by atoms with van der Waals surface area (Å²) in [5, 5.41) is 33.0. The smallest absolute Gasteiger partial charge is 0.339 e. The first kappa shape index (κ1) is 24.8. The van der Waals surface area contributed by atoms with E-state index in [0.717, 1.165) is 18.7 Å². The minimum Gasteiger partial charge on any atom is -0.483 e. The maximum atomic E-state index is 12.0. The quantitative estimate of drug-likeness (QED) is 0.507. The normalized spacial score (nSPS) is 22.9. The summed E-state index contributed by atoms with van der Waals surface area (Å²) in [6, 6.07) is 3.12. The number of hydrogen-bond acceptors (Lipinski definition) is 7. The van der Waals surface area contributed by atoms with Crippen LogP contribution in [0.15, 0.2) is 12.1 Å². The van der Waals surface area contributed by atoms with E-state index in [1.165, 1.54) is 0 Å². The molecule has 0 unspecified atom stereocenters. The molecule has 2 aliphatic rings. The zero-order valence-electron chi connectivity index (χ0n) is 16.9. The van der Waals surface area contributed by atoms with Gasteiger partial charge in [0.15, 0.2) is 0 Å². The summed E-state index contributed by atoms with van der Waals surface area (Å²) in [4.78, 5) is 48.7. The van der Waals surface area contributed by atoms with Crippen molar-refractivity contribution in [3.63, 3.8) is 0 Å². The van der Waals surface area contributed by atoms with E-state index in [4.69, 9.17) is 19.8 Å². The van der Waals surface area contributed by atoms with Crippen LogP contribution in [0, 0.1) is 12.3 Å². The average Bonchev–Trinajstić information content (AvgIpc) is 2.69. The van der Waals surface area contributed by atoms with Crippen molar-refractivity contribution in [3.05, 3.63) is 23.4 Å². The summed E-state index contributed by atoms with van der Waals surface area (Å²) in [6.07, 6.45) is 2.06. The molecule has 0 amide bonds. The highest BCUT2D eigenvalue weighted by Crippen LogP contribution is 2.43. The van der Waals surface area contributed by atoms with E-state index in [1.54, 1.807) is 12.1 Å². The largest absolute Gasteiger partial charge is 0.483 e. The summed E-state index contributed by atoms with van der Waals surface area (Å²) in [5.74, 6) is -1.31. The number of carboxylic acid groups (broad SMARTS) is 4. The Balaban J connectivity index is 0.000000672. The number of likely N-dealkylation sites (tertiary alicyclic amines) is 1. The van der Waals surface area contributed by atoms with Gasteiger partial charge in [-0.25, -0.2) is 9.78 Å². The van der Waals surface area contributed by atoms with Gasteiger partial charge >= 0.3 is 11.9 Å². The summed E-state index contributed by atoms with van der Waals surface area (Å²) >= 11 is 0. The number of aromatic carboxylic acids is 1. The van der Waals surface area contributed by atoms with Crippen LogP contribution in [-0.2, 0) is 14.4 Å². The first-order valence-corrected chi connectivity index (χ1v) is 9.23. The van der Waals surface area contributed by atoms with Gasteiger partial charge in [0.1, 0.15) is 11.4 Å². The number of rotatable bonds is 3. The molecule has 0 aliphatic carbocycles. The zero-order valence-corrected chi connectivity index (χ0v) is 16.9. The van der Waals surface area contributed by atoms with Gasteiger partial charge in [-0.3, -0.25) is 14.4 Å².